The van der Waals surface area contributed by atoms with Crippen LogP contribution >= 0.6 is 0 Å². The third-order valence-corrected chi connectivity index (χ3v) is 12.1. The lowest BCUT2D eigenvalue weighted by Gasteiger charge is -2.36. The van der Waals surface area contributed by atoms with Gasteiger partial charge in [-0.15, -0.1) is 0 Å². The summed E-state index contributed by atoms with van der Waals surface area (Å²) in [4.78, 5) is 0. The molecule has 0 aliphatic carbocycles. The molecule has 32 heavy (non-hydrogen) atoms. The monoisotopic (exact) mass is 458 g/mol. The molecule has 0 spiro atoms. The maximum absolute atomic E-state index is 6.62. The Morgan fingerprint density at radius 1 is 1.09 bits per heavy atom. The Kier molecular flexibility index (Phi) is 5.85. The number of fused-ring (bicyclic) bond motifs is 1. The van der Waals surface area contributed by atoms with Gasteiger partial charge in [0, 0.05) is 12.0 Å². The zero-order valence-electron chi connectivity index (χ0n) is 21.2. The molecule has 1 aromatic carbocycles. The van der Waals surface area contributed by atoms with E-state index in [1.807, 2.05) is 4.68 Å². The third kappa shape index (κ3) is 4.15. The van der Waals surface area contributed by atoms with Gasteiger partial charge in [-0.25, -0.2) is 4.68 Å². The minimum absolute atomic E-state index is 0.0606. The Balaban J connectivity index is 1.79. The van der Waals surface area contributed by atoms with E-state index in [-0.39, 0.29) is 11.3 Å². The Hall–Kier alpha value is -1.35. The summed E-state index contributed by atoms with van der Waals surface area (Å²) in [6.07, 6.45) is 3.14. The minimum Gasteiger partial charge on any atom is -0.543 e. The molecule has 1 aromatic heterocycles. The topological polar surface area (TPSA) is 54.7 Å². The van der Waals surface area contributed by atoms with Crippen LogP contribution in [0.3, 0.4) is 0 Å². The highest BCUT2D eigenvalue weighted by atomic mass is 28.4. The largest absolute Gasteiger partial charge is 0.543 e. The second-order valence-electron chi connectivity index (χ2n) is 11.8. The van der Waals surface area contributed by atoms with Gasteiger partial charge in [-0.1, -0.05) is 20.8 Å². The van der Waals surface area contributed by atoms with Crippen LogP contribution in [0.4, 0.5) is 0 Å². The van der Waals surface area contributed by atoms with Crippen molar-refractivity contribution in [2.24, 2.45) is 0 Å². The van der Waals surface area contributed by atoms with Crippen LogP contribution < -0.4 is 10.0 Å². The van der Waals surface area contributed by atoms with Gasteiger partial charge in [0.05, 0.1) is 16.7 Å². The predicted molar refractivity (Wildman–Crippen MR) is 132 cm³/mol. The molecule has 0 saturated carbocycles. The van der Waals surface area contributed by atoms with Crippen LogP contribution in [0.5, 0.6) is 5.75 Å². The van der Waals surface area contributed by atoms with Gasteiger partial charge in [-0.3, -0.25) is 0 Å². The van der Waals surface area contributed by atoms with Crippen molar-refractivity contribution in [1.29, 1.82) is 0 Å². The number of rotatable bonds is 4. The van der Waals surface area contributed by atoms with Gasteiger partial charge in [-0.2, -0.15) is 5.10 Å². The predicted octanol–water partition coefficient (Wildman–Crippen LogP) is 5.42. The lowest BCUT2D eigenvalue weighted by Crippen LogP contribution is -2.43. The van der Waals surface area contributed by atoms with Crippen molar-refractivity contribution in [2.75, 3.05) is 6.61 Å². The number of aromatic nitrogens is 2. The van der Waals surface area contributed by atoms with Gasteiger partial charge in [0.15, 0.2) is 6.23 Å². The summed E-state index contributed by atoms with van der Waals surface area (Å²) in [5.41, 5.74) is 0.979. The van der Waals surface area contributed by atoms with E-state index in [1.165, 1.54) is 0 Å². The van der Waals surface area contributed by atoms with Crippen molar-refractivity contribution in [1.82, 2.24) is 9.78 Å². The van der Waals surface area contributed by atoms with Crippen LogP contribution in [-0.2, 0) is 14.0 Å². The van der Waals surface area contributed by atoms with E-state index in [0.29, 0.717) is 0 Å². The number of ether oxygens (including phenoxy) is 1. The molecule has 6 nitrogen and oxygen atoms in total. The molecule has 4 rings (SSSR count). The molecule has 2 saturated heterocycles. The van der Waals surface area contributed by atoms with Gasteiger partial charge in [0.25, 0.3) is 0 Å². The van der Waals surface area contributed by atoms with Gasteiger partial charge in [-0.05, 0) is 83.3 Å². The van der Waals surface area contributed by atoms with E-state index in [4.69, 9.17) is 23.6 Å². The summed E-state index contributed by atoms with van der Waals surface area (Å²) < 4.78 is 27.5. The maximum atomic E-state index is 6.62. The zero-order chi connectivity index (χ0) is 23.5. The lowest BCUT2D eigenvalue weighted by atomic mass is 9.82. The first-order chi connectivity index (χ1) is 14.7. The summed E-state index contributed by atoms with van der Waals surface area (Å²) in [5.74, 6) is 0.881. The average Bonchev–Trinajstić information content (AvgIpc) is 3.15. The highest BCUT2D eigenvalue weighted by Gasteiger charge is 2.53. The molecule has 0 amide bonds. The molecular weight excluding hydrogens is 419 g/mol. The molecule has 0 radical (unpaired) electrons. The molecule has 8 heteroatoms. The first-order valence-corrected chi connectivity index (χ1v) is 14.8. The van der Waals surface area contributed by atoms with E-state index in [9.17, 15) is 0 Å². The Morgan fingerprint density at radius 3 is 2.31 bits per heavy atom. The summed E-state index contributed by atoms with van der Waals surface area (Å²) in [6.45, 7) is 20.4. The van der Waals surface area contributed by atoms with Crippen LogP contribution in [-0.4, -0.2) is 43.0 Å². The standard InChI is InChI=1S/C24H39BN2O4Si/c1-22(2,3)32(8,9)29-17-13-14-19-18(16-17)21(25-30-23(4,5)24(6,7)31-25)26-27(19)20-12-10-11-15-28-20/h13-14,16,20H,10-12,15H2,1-9H3. The van der Waals surface area contributed by atoms with Crippen LogP contribution in [0.25, 0.3) is 10.9 Å². The van der Waals surface area contributed by atoms with Gasteiger partial charge < -0.3 is 18.5 Å². The molecule has 2 aliphatic rings. The summed E-state index contributed by atoms with van der Waals surface area (Å²) in [5, 5.41) is 6.14. The normalized spacial score (nSPS) is 23.7. The fourth-order valence-corrected chi connectivity index (χ4v) is 4.94. The smallest absolute Gasteiger partial charge is 0.517 e. The van der Waals surface area contributed by atoms with E-state index >= 15 is 0 Å². The van der Waals surface area contributed by atoms with Gasteiger partial charge in [0.2, 0.25) is 8.32 Å². The van der Waals surface area contributed by atoms with Gasteiger partial charge in [0.1, 0.15) is 11.3 Å². The molecule has 3 heterocycles. The fourth-order valence-electron chi connectivity index (χ4n) is 3.92. The van der Waals surface area contributed by atoms with E-state index in [1.54, 1.807) is 0 Å². The molecular formula is C24H39BN2O4Si. The van der Waals surface area contributed by atoms with Crippen molar-refractivity contribution >= 4 is 31.9 Å². The molecule has 0 N–H and O–H groups in total. The molecule has 0 bridgehead atoms. The SMILES string of the molecule is CC1(C)OB(c2nn(C3CCCCO3)c3ccc(O[Si](C)(C)C(C)(C)C)cc23)OC1(C)C. The van der Waals surface area contributed by atoms with Crippen molar-refractivity contribution in [3.63, 3.8) is 0 Å². The number of hydrogen-bond donors (Lipinski definition) is 0. The van der Waals surface area contributed by atoms with Crippen molar-refractivity contribution < 1.29 is 18.5 Å². The van der Waals surface area contributed by atoms with Crippen LogP contribution in [0.15, 0.2) is 18.2 Å². The number of nitrogens with zero attached hydrogens (tertiary/aromatic N) is 2. The Morgan fingerprint density at radius 2 is 1.75 bits per heavy atom. The van der Waals surface area contributed by atoms with Crippen molar-refractivity contribution in [3.8, 4) is 5.75 Å². The zero-order valence-corrected chi connectivity index (χ0v) is 22.2. The Labute approximate surface area is 194 Å². The highest BCUT2D eigenvalue weighted by molar-refractivity contribution is 6.74. The second kappa shape index (κ2) is 7.86. The number of hydrogen-bond acceptors (Lipinski definition) is 5. The molecule has 2 aliphatic heterocycles. The molecule has 176 valence electrons. The van der Waals surface area contributed by atoms with Crippen molar-refractivity contribution in [2.45, 2.75) is 103 Å². The second-order valence-corrected chi connectivity index (χ2v) is 16.5. The summed E-state index contributed by atoms with van der Waals surface area (Å²) in [6, 6.07) is 6.29. The van der Waals surface area contributed by atoms with E-state index < -0.39 is 26.6 Å². The van der Waals surface area contributed by atoms with Crippen molar-refractivity contribution in [3.05, 3.63) is 18.2 Å². The first kappa shape index (κ1) is 23.8. The van der Waals surface area contributed by atoms with Crippen LogP contribution in [0.2, 0.25) is 18.1 Å². The number of benzene rings is 1. The minimum atomic E-state index is -1.97. The van der Waals surface area contributed by atoms with E-state index in [2.05, 4.69) is 79.8 Å². The highest BCUT2D eigenvalue weighted by Crippen LogP contribution is 2.40. The van der Waals surface area contributed by atoms with Crippen LogP contribution in [0, 0.1) is 0 Å². The summed E-state index contributed by atoms with van der Waals surface area (Å²) in [7, 11) is -2.50. The molecule has 1 atom stereocenters. The van der Waals surface area contributed by atoms with Gasteiger partial charge >= 0.3 is 7.12 Å². The third-order valence-electron chi connectivity index (χ3n) is 7.79. The molecule has 2 aromatic rings. The maximum Gasteiger partial charge on any atom is 0.517 e. The van der Waals surface area contributed by atoms with Crippen LogP contribution in [0.1, 0.15) is 74.0 Å². The average molecular weight is 458 g/mol. The molecule has 2 fully saturated rings. The molecule has 1 unspecified atom stereocenters. The first-order valence-electron chi connectivity index (χ1n) is 11.9. The summed E-state index contributed by atoms with van der Waals surface area (Å²) >= 11 is 0. The Bertz CT molecular complexity index is 974. The lowest BCUT2D eigenvalue weighted by molar-refractivity contribution is -0.0364. The fraction of sp³-hybridized carbons (Fsp3) is 0.708. The van der Waals surface area contributed by atoms with E-state index in [0.717, 1.165) is 48.1 Å². The quantitative estimate of drug-likeness (QED) is 0.573.